The number of aliphatic hydroxyl groups excluding tert-OH is 1. The summed E-state index contributed by atoms with van der Waals surface area (Å²) in [6, 6.07) is 0. The molecule has 0 aromatic heterocycles. The van der Waals surface area contributed by atoms with Crippen LogP contribution in [0.3, 0.4) is 0 Å². The smallest absolute Gasteiger partial charge is 0.148 e. The molecule has 1 saturated carbocycles. The summed E-state index contributed by atoms with van der Waals surface area (Å²) >= 11 is 0. The number of nitrogens with one attached hydrogen (secondary N) is 1. The largest absolute Gasteiger partial charge is 0.396 e. The van der Waals surface area contributed by atoms with Crippen molar-refractivity contribution < 1.29 is 13.5 Å². The molecule has 5 heteroatoms. The van der Waals surface area contributed by atoms with Crippen LogP contribution in [0.25, 0.3) is 0 Å². The fraction of sp³-hybridized carbons (Fsp3) is 1.00. The molecule has 0 aliphatic heterocycles. The molecule has 0 bridgehead atoms. The third-order valence-electron chi connectivity index (χ3n) is 3.36. The summed E-state index contributed by atoms with van der Waals surface area (Å²) in [7, 11) is -2.86. The molecule has 0 aromatic carbocycles. The van der Waals surface area contributed by atoms with Gasteiger partial charge in [-0.05, 0) is 31.2 Å². The maximum Gasteiger partial charge on any atom is 0.148 e. The summed E-state index contributed by atoms with van der Waals surface area (Å²) < 4.78 is 21.8. The molecule has 0 radical (unpaired) electrons. The van der Waals surface area contributed by atoms with Gasteiger partial charge in [0.1, 0.15) is 9.84 Å². The van der Waals surface area contributed by atoms with E-state index >= 15 is 0 Å². The molecule has 1 fully saturated rings. The van der Waals surface area contributed by atoms with Crippen LogP contribution in [0.5, 0.6) is 0 Å². The molecule has 1 rings (SSSR count). The molecule has 0 aromatic rings. The van der Waals surface area contributed by atoms with Crippen molar-refractivity contribution in [3.8, 4) is 0 Å². The molecule has 4 nitrogen and oxygen atoms in total. The van der Waals surface area contributed by atoms with Crippen LogP contribution in [-0.4, -0.2) is 45.2 Å². The van der Waals surface area contributed by atoms with Crippen molar-refractivity contribution in [2.24, 2.45) is 11.8 Å². The van der Waals surface area contributed by atoms with E-state index in [2.05, 4.69) is 5.32 Å². The number of aliphatic hydroxyl groups is 1. The lowest BCUT2D eigenvalue weighted by Gasteiger charge is -2.30. The Balaban J connectivity index is 2.20. The van der Waals surface area contributed by atoms with Crippen molar-refractivity contribution >= 4 is 9.84 Å². The minimum Gasteiger partial charge on any atom is -0.396 e. The average molecular weight is 249 g/mol. The molecule has 96 valence electrons. The van der Waals surface area contributed by atoms with Gasteiger partial charge in [-0.2, -0.15) is 0 Å². The molecular formula is C11H23NO3S. The predicted octanol–water partition coefficient (Wildman–Crippen LogP) is 0.419. The van der Waals surface area contributed by atoms with Crippen LogP contribution in [0, 0.1) is 11.8 Å². The van der Waals surface area contributed by atoms with Crippen LogP contribution >= 0.6 is 0 Å². The quantitative estimate of drug-likeness (QED) is 0.670. The number of sulfone groups is 1. The summed E-state index contributed by atoms with van der Waals surface area (Å²) in [5.41, 5.74) is 0. The van der Waals surface area contributed by atoms with Crippen molar-refractivity contribution in [1.29, 1.82) is 0 Å². The number of hydrogen-bond acceptors (Lipinski definition) is 4. The number of rotatable bonds is 6. The minimum atomic E-state index is -2.86. The highest BCUT2D eigenvalue weighted by Gasteiger charge is 2.23. The average Bonchev–Trinajstić information content (AvgIpc) is 2.23. The number of hydrogen-bond donors (Lipinski definition) is 2. The second-order valence-electron chi connectivity index (χ2n) is 4.82. The first-order valence-corrected chi connectivity index (χ1v) is 8.08. The van der Waals surface area contributed by atoms with Gasteiger partial charge in [-0.1, -0.05) is 12.8 Å². The molecule has 2 atom stereocenters. The van der Waals surface area contributed by atoms with Crippen LogP contribution < -0.4 is 5.32 Å². The zero-order chi connectivity index (χ0) is 12.0. The Morgan fingerprint density at radius 3 is 2.44 bits per heavy atom. The van der Waals surface area contributed by atoms with E-state index in [0.717, 1.165) is 19.4 Å². The van der Waals surface area contributed by atoms with Crippen molar-refractivity contribution in [2.75, 3.05) is 31.7 Å². The maximum absolute atomic E-state index is 10.9. The molecule has 1 aliphatic carbocycles. The molecule has 0 amide bonds. The molecule has 16 heavy (non-hydrogen) atoms. The highest BCUT2D eigenvalue weighted by molar-refractivity contribution is 7.90. The topological polar surface area (TPSA) is 66.4 Å². The molecule has 0 saturated heterocycles. The first-order valence-electron chi connectivity index (χ1n) is 6.02. The highest BCUT2D eigenvalue weighted by atomic mass is 32.2. The van der Waals surface area contributed by atoms with Gasteiger partial charge < -0.3 is 10.4 Å². The van der Waals surface area contributed by atoms with Crippen LogP contribution in [0.4, 0.5) is 0 Å². The van der Waals surface area contributed by atoms with Gasteiger partial charge in [0, 0.05) is 19.4 Å². The van der Waals surface area contributed by atoms with Gasteiger partial charge in [-0.15, -0.1) is 0 Å². The Hall–Kier alpha value is -0.130. The second-order valence-corrected chi connectivity index (χ2v) is 7.08. The van der Waals surface area contributed by atoms with E-state index in [9.17, 15) is 13.5 Å². The fourth-order valence-electron chi connectivity index (χ4n) is 2.34. The van der Waals surface area contributed by atoms with E-state index in [1.165, 1.54) is 19.1 Å². The van der Waals surface area contributed by atoms with Gasteiger partial charge in [0.2, 0.25) is 0 Å². The van der Waals surface area contributed by atoms with Crippen LogP contribution in [0.15, 0.2) is 0 Å². The van der Waals surface area contributed by atoms with Gasteiger partial charge in [-0.3, -0.25) is 0 Å². The summed E-state index contributed by atoms with van der Waals surface area (Å²) in [5.74, 6) is 1.11. The minimum absolute atomic E-state index is 0.198. The van der Waals surface area contributed by atoms with E-state index < -0.39 is 9.84 Å². The Labute approximate surface area is 98.4 Å². The summed E-state index contributed by atoms with van der Waals surface area (Å²) in [6.07, 6.45) is 5.96. The van der Waals surface area contributed by atoms with Gasteiger partial charge in [0.15, 0.2) is 0 Å². The van der Waals surface area contributed by atoms with E-state index in [4.69, 9.17) is 0 Å². The lowest BCUT2D eigenvalue weighted by molar-refractivity contribution is 0.133. The van der Waals surface area contributed by atoms with Gasteiger partial charge in [-0.25, -0.2) is 8.42 Å². The van der Waals surface area contributed by atoms with Crippen molar-refractivity contribution in [3.05, 3.63) is 0 Å². The van der Waals surface area contributed by atoms with Crippen molar-refractivity contribution in [1.82, 2.24) is 5.32 Å². The van der Waals surface area contributed by atoms with Crippen LogP contribution in [0.1, 0.15) is 25.7 Å². The van der Waals surface area contributed by atoms with Crippen molar-refractivity contribution in [3.63, 3.8) is 0 Å². The summed E-state index contributed by atoms with van der Waals surface area (Å²) in [4.78, 5) is 0. The van der Waals surface area contributed by atoms with E-state index in [-0.39, 0.29) is 12.4 Å². The summed E-state index contributed by atoms with van der Waals surface area (Å²) in [5, 5.41) is 12.4. The third kappa shape index (κ3) is 5.27. The van der Waals surface area contributed by atoms with Gasteiger partial charge >= 0.3 is 0 Å². The molecule has 1 aliphatic rings. The lowest BCUT2D eigenvalue weighted by Crippen LogP contribution is -2.34. The SMILES string of the molecule is CS(=O)(=O)CCNCC1CCCCC1CO. The maximum atomic E-state index is 10.9. The lowest BCUT2D eigenvalue weighted by atomic mass is 9.80. The van der Waals surface area contributed by atoms with E-state index in [0.29, 0.717) is 18.4 Å². The van der Waals surface area contributed by atoms with Gasteiger partial charge in [0.25, 0.3) is 0 Å². The van der Waals surface area contributed by atoms with E-state index in [1.807, 2.05) is 0 Å². The Bertz CT molecular complexity index is 290. The van der Waals surface area contributed by atoms with Crippen LogP contribution in [0.2, 0.25) is 0 Å². The molecule has 2 unspecified atom stereocenters. The first-order chi connectivity index (χ1) is 7.53. The normalized spacial score (nSPS) is 26.9. The summed E-state index contributed by atoms with van der Waals surface area (Å²) in [6.45, 7) is 1.62. The predicted molar refractivity (Wildman–Crippen MR) is 65.1 cm³/mol. The fourth-order valence-corrected chi connectivity index (χ4v) is 2.85. The van der Waals surface area contributed by atoms with E-state index in [1.54, 1.807) is 0 Å². The Morgan fingerprint density at radius 1 is 1.25 bits per heavy atom. The van der Waals surface area contributed by atoms with Crippen LogP contribution in [-0.2, 0) is 9.84 Å². The standard InChI is InChI=1S/C11H23NO3S/c1-16(14,15)7-6-12-8-10-4-2-3-5-11(10)9-13/h10-13H,2-9H2,1H3. The zero-order valence-electron chi connectivity index (χ0n) is 9.98. The first kappa shape index (κ1) is 13.9. The molecule has 0 spiro atoms. The molecule has 2 N–H and O–H groups in total. The van der Waals surface area contributed by atoms with Crippen molar-refractivity contribution in [2.45, 2.75) is 25.7 Å². The second kappa shape index (κ2) is 6.57. The van der Waals surface area contributed by atoms with Gasteiger partial charge in [0.05, 0.1) is 5.75 Å². The highest BCUT2D eigenvalue weighted by Crippen LogP contribution is 2.28. The molecule has 0 heterocycles. The zero-order valence-corrected chi connectivity index (χ0v) is 10.8. The monoisotopic (exact) mass is 249 g/mol. The molecular weight excluding hydrogens is 226 g/mol. The third-order valence-corrected chi connectivity index (χ3v) is 4.30. The Kier molecular flexibility index (Phi) is 5.72. The Morgan fingerprint density at radius 2 is 1.88 bits per heavy atom.